The molecule has 0 aliphatic carbocycles. The molecule has 0 fully saturated rings. The van der Waals surface area contributed by atoms with Crippen LogP contribution in [0.15, 0.2) is 30.3 Å². The molecule has 1 aromatic heterocycles. The molecule has 7 heteroatoms. The van der Waals surface area contributed by atoms with E-state index >= 15 is 0 Å². The summed E-state index contributed by atoms with van der Waals surface area (Å²) in [5.41, 5.74) is 3.20. The lowest BCUT2D eigenvalue weighted by Crippen LogP contribution is -2.11. The smallest absolute Gasteiger partial charge is 0.233 e. The standard InChI is InChI=1S/C18H16Cl3N2O2/c19-11-3-4-12(14(21)8-11)17-18-22-15-13(20)5-2-10(9-24)16(15)23(18)6-1-7-25-17/h2-5,8,17,21,24H,1,6-7,9H2/q+1. The molecule has 0 spiro atoms. The van der Waals surface area contributed by atoms with Crippen LogP contribution < -0.4 is 0 Å². The highest BCUT2D eigenvalue weighted by atomic mass is 35.5. The summed E-state index contributed by atoms with van der Waals surface area (Å²) in [6.07, 6.45) is 0.453. The zero-order chi connectivity index (χ0) is 17.6. The summed E-state index contributed by atoms with van der Waals surface area (Å²) in [5, 5.41) is 11.5. The van der Waals surface area contributed by atoms with Gasteiger partial charge < -0.3 is 14.4 Å². The van der Waals surface area contributed by atoms with Gasteiger partial charge in [0.05, 0.1) is 22.7 Å². The molecule has 0 amide bonds. The molecule has 1 aliphatic heterocycles. The van der Waals surface area contributed by atoms with Gasteiger partial charge in [0.2, 0.25) is 5.02 Å². The number of imidazole rings is 1. The van der Waals surface area contributed by atoms with Crippen LogP contribution in [0.5, 0.6) is 0 Å². The highest BCUT2D eigenvalue weighted by molar-refractivity contribution is 6.35. The van der Waals surface area contributed by atoms with Crippen LogP contribution in [0.2, 0.25) is 15.1 Å². The predicted molar refractivity (Wildman–Crippen MR) is 95.1 cm³/mol. The van der Waals surface area contributed by atoms with Crippen LogP contribution in [0.1, 0.15) is 29.5 Å². The fourth-order valence-corrected chi connectivity index (χ4v) is 4.03. The number of benzene rings is 2. The Morgan fingerprint density at radius 1 is 1.28 bits per heavy atom. The van der Waals surface area contributed by atoms with Gasteiger partial charge in [-0.3, -0.25) is 0 Å². The molecule has 2 heterocycles. The van der Waals surface area contributed by atoms with Crippen LogP contribution in [0.4, 0.5) is 0 Å². The maximum Gasteiger partial charge on any atom is 0.233 e. The molecular weight excluding hydrogens is 383 g/mol. The molecule has 1 aliphatic rings. The van der Waals surface area contributed by atoms with Gasteiger partial charge in [-0.25, -0.2) is 4.98 Å². The Kier molecular flexibility index (Phi) is 4.65. The van der Waals surface area contributed by atoms with Gasteiger partial charge in [0, 0.05) is 29.8 Å². The van der Waals surface area contributed by atoms with Crippen LogP contribution in [-0.2, 0) is 17.9 Å². The summed E-state index contributed by atoms with van der Waals surface area (Å²) in [6, 6.07) is 9.04. The molecule has 1 N–H and O–H groups in total. The Bertz CT molecular complexity index is 955. The van der Waals surface area contributed by atoms with Gasteiger partial charge in [-0.1, -0.05) is 29.3 Å². The molecule has 3 aromatic rings. The fourth-order valence-electron chi connectivity index (χ4n) is 3.30. The average molecular weight is 399 g/mol. The molecule has 0 saturated carbocycles. The number of rotatable bonds is 2. The third kappa shape index (κ3) is 2.92. The van der Waals surface area contributed by atoms with Gasteiger partial charge in [0.15, 0.2) is 11.6 Å². The maximum absolute atomic E-state index is 9.73. The first kappa shape index (κ1) is 17.1. The van der Waals surface area contributed by atoms with Gasteiger partial charge in [0.25, 0.3) is 0 Å². The number of halogens is 3. The zero-order valence-electron chi connectivity index (χ0n) is 13.2. The van der Waals surface area contributed by atoms with Crippen molar-refractivity contribution in [2.45, 2.75) is 25.7 Å². The van der Waals surface area contributed by atoms with Crippen LogP contribution in [0, 0.1) is 11.6 Å². The molecule has 25 heavy (non-hydrogen) atoms. The van der Waals surface area contributed by atoms with E-state index in [-0.39, 0.29) is 12.7 Å². The summed E-state index contributed by atoms with van der Waals surface area (Å²) in [5.74, 6) is 0.753. The van der Waals surface area contributed by atoms with Gasteiger partial charge in [-0.05, 0) is 24.6 Å². The summed E-state index contributed by atoms with van der Waals surface area (Å²) in [7, 11) is 0. The SMILES string of the molecule is OCc1ccc(Cl)c2nc3n(c12)CCCOC3c1ccc(Cl)cc1[ClH+]. The van der Waals surface area contributed by atoms with E-state index in [1.807, 2.05) is 12.1 Å². The summed E-state index contributed by atoms with van der Waals surface area (Å²) >= 11 is 17.9. The van der Waals surface area contributed by atoms with E-state index < -0.39 is 0 Å². The lowest BCUT2D eigenvalue weighted by molar-refractivity contribution is -0.291. The third-order valence-corrected chi connectivity index (χ3v) is 5.33. The van der Waals surface area contributed by atoms with Crippen molar-refractivity contribution < 1.29 is 21.4 Å². The van der Waals surface area contributed by atoms with E-state index in [0.29, 0.717) is 27.2 Å². The molecule has 0 radical (unpaired) electrons. The van der Waals surface area contributed by atoms with E-state index in [1.54, 1.807) is 18.2 Å². The first-order valence-corrected chi connectivity index (χ1v) is 9.13. The summed E-state index contributed by atoms with van der Waals surface area (Å²) in [4.78, 5) is 4.76. The minimum atomic E-state index is -0.387. The first-order chi connectivity index (χ1) is 12.1. The second-order valence-corrected chi connectivity index (χ2v) is 7.25. The number of aryl methyl sites for hydroxylation is 1. The van der Waals surface area contributed by atoms with Crippen molar-refractivity contribution in [3.05, 3.63) is 62.4 Å². The van der Waals surface area contributed by atoms with Crippen molar-refractivity contribution in [2.24, 2.45) is 0 Å². The monoisotopic (exact) mass is 397 g/mol. The fraction of sp³-hybridized carbons (Fsp3) is 0.278. The Hall–Kier alpha value is -1.30. The number of aliphatic hydroxyl groups is 1. The van der Waals surface area contributed by atoms with E-state index in [0.717, 1.165) is 35.4 Å². The van der Waals surface area contributed by atoms with E-state index in [1.165, 1.54) is 0 Å². The largest absolute Gasteiger partial charge is 0.392 e. The molecular formula is C18H16Cl3N2O2+. The highest BCUT2D eigenvalue weighted by Gasteiger charge is 2.30. The normalized spacial score (nSPS) is 17.5. The van der Waals surface area contributed by atoms with Crippen LogP contribution in [0.3, 0.4) is 0 Å². The number of aromatic nitrogens is 2. The Morgan fingerprint density at radius 3 is 2.88 bits per heavy atom. The zero-order valence-corrected chi connectivity index (χ0v) is 15.5. The van der Waals surface area contributed by atoms with Crippen LogP contribution in [-0.4, -0.2) is 21.3 Å². The van der Waals surface area contributed by atoms with Gasteiger partial charge >= 0.3 is 0 Å². The molecule has 2 aromatic carbocycles. The Labute approximate surface area is 159 Å². The van der Waals surface area contributed by atoms with Crippen molar-refractivity contribution in [1.82, 2.24) is 9.55 Å². The maximum atomic E-state index is 9.73. The minimum absolute atomic E-state index is 0.0719. The number of hydrogen-bond donors (Lipinski definition) is 1. The third-order valence-electron chi connectivity index (χ3n) is 4.43. The van der Waals surface area contributed by atoms with Gasteiger partial charge in [0.1, 0.15) is 17.4 Å². The minimum Gasteiger partial charge on any atom is -0.392 e. The predicted octanol–water partition coefficient (Wildman–Crippen LogP) is 4.04. The molecule has 4 rings (SSSR count). The van der Waals surface area contributed by atoms with Crippen molar-refractivity contribution in [2.75, 3.05) is 6.61 Å². The highest BCUT2D eigenvalue weighted by Crippen LogP contribution is 2.37. The molecule has 130 valence electrons. The molecule has 0 bridgehead atoms. The second-order valence-electron chi connectivity index (χ2n) is 5.97. The van der Waals surface area contributed by atoms with Gasteiger partial charge in [-0.15, -0.1) is 0 Å². The topological polar surface area (TPSA) is 47.3 Å². The number of aliphatic hydroxyl groups excluding tert-OH is 1. The first-order valence-electron chi connectivity index (χ1n) is 7.96. The summed E-state index contributed by atoms with van der Waals surface area (Å²) in [6.45, 7) is 1.27. The molecule has 1 unspecified atom stereocenters. The van der Waals surface area contributed by atoms with E-state index in [4.69, 9.17) is 44.5 Å². The quantitative estimate of drug-likeness (QED) is 0.708. The second kappa shape index (κ2) is 6.78. The van der Waals surface area contributed by atoms with Crippen molar-refractivity contribution in [1.29, 1.82) is 0 Å². The lowest BCUT2D eigenvalue weighted by Gasteiger charge is -2.15. The number of hydrogen-bond acceptors (Lipinski definition) is 3. The molecule has 4 nitrogen and oxygen atoms in total. The number of fused-ring (bicyclic) bond motifs is 3. The van der Waals surface area contributed by atoms with Crippen LogP contribution >= 0.6 is 23.2 Å². The van der Waals surface area contributed by atoms with Crippen molar-refractivity contribution in [3.63, 3.8) is 0 Å². The molecule has 0 saturated heterocycles. The summed E-state index contributed by atoms with van der Waals surface area (Å²) < 4.78 is 8.17. The van der Waals surface area contributed by atoms with E-state index in [9.17, 15) is 5.11 Å². The van der Waals surface area contributed by atoms with Crippen molar-refractivity contribution >= 4 is 34.2 Å². The van der Waals surface area contributed by atoms with E-state index in [2.05, 4.69) is 4.57 Å². The molecule has 1 atom stereocenters. The average Bonchev–Trinajstić information content (AvgIpc) is 2.85. The number of nitrogens with zero attached hydrogens (tertiary/aromatic N) is 2. The Morgan fingerprint density at radius 2 is 2.12 bits per heavy atom. The lowest BCUT2D eigenvalue weighted by atomic mass is 10.1. The van der Waals surface area contributed by atoms with Crippen LogP contribution in [0.25, 0.3) is 11.0 Å². The number of ether oxygens (including phenoxy) is 1. The Balaban J connectivity index is 1.97. The van der Waals surface area contributed by atoms with Gasteiger partial charge in [-0.2, -0.15) is 0 Å². The van der Waals surface area contributed by atoms with Crippen molar-refractivity contribution in [3.8, 4) is 0 Å².